The van der Waals surface area contributed by atoms with Crippen molar-refractivity contribution in [1.82, 2.24) is 15.3 Å². The molecule has 0 bridgehead atoms. The Morgan fingerprint density at radius 3 is 2.72 bits per heavy atom. The monoisotopic (exact) mass is 249 g/mol. The third-order valence-electron chi connectivity index (χ3n) is 4.29. The number of hydrogen-bond acceptors (Lipinski definition) is 2. The van der Waals surface area contributed by atoms with Crippen molar-refractivity contribution in [3.63, 3.8) is 0 Å². The van der Waals surface area contributed by atoms with Crippen molar-refractivity contribution in [2.45, 2.75) is 58.4 Å². The molecule has 3 heteroatoms. The van der Waals surface area contributed by atoms with E-state index >= 15 is 0 Å². The lowest BCUT2D eigenvalue weighted by Gasteiger charge is -2.31. The van der Waals surface area contributed by atoms with Gasteiger partial charge in [-0.05, 0) is 50.5 Å². The molecule has 0 unspecified atom stereocenters. The first-order chi connectivity index (χ1) is 8.75. The minimum atomic E-state index is 0.761. The van der Waals surface area contributed by atoms with Crippen LogP contribution in [0.2, 0.25) is 0 Å². The van der Waals surface area contributed by atoms with Gasteiger partial charge in [-0.1, -0.05) is 13.8 Å². The molecule has 18 heavy (non-hydrogen) atoms. The van der Waals surface area contributed by atoms with E-state index in [1.807, 2.05) is 12.4 Å². The number of nitrogens with one attached hydrogen (secondary N) is 2. The molecule has 1 fully saturated rings. The van der Waals surface area contributed by atoms with Crippen molar-refractivity contribution in [2.75, 3.05) is 6.54 Å². The molecule has 1 aromatic rings. The molecule has 0 amide bonds. The summed E-state index contributed by atoms with van der Waals surface area (Å²) >= 11 is 0. The van der Waals surface area contributed by atoms with Crippen molar-refractivity contribution < 1.29 is 0 Å². The largest absolute Gasteiger partial charge is 0.349 e. The summed E-state index contributed by atoms with van der Waals surface area (Å²) in [6.45, 7) is 5.85. The number of nitrogens with zero attached hydrogens (tertiary/aromatic N) is 1. The van der Waals surface area contributed by atoms with Crippen LogP contribution in [0.1, 0.15) is 51.8 Å². The molecule has 0 radical (unpaired) electrons. The molecule has 0 atom stereocenters. The average molecular weight is 249 g/mol. The summed E-state index contributed by atoms with van der Waals surface area (Å²) in [6.07, 6.45) is 11.5. The number of imidazole rings is 1. The molecule has 0 aliphatic heterocycles. The second kappa shape index (κ2) is 6.93. The Labute approximate surface area is 111 Å². The molecular formula is C15H27N3. The quantitative estimate of drug-likeness (QED) is 0.760. The molecule has 1 aliphatic rings. The van der Waals surface area contributed by atoms with Crippen molar-refractivity contribution in [3.05, 3.63) is 18.2 Å². The van der Waals surface area contributed by atoms with E-state index in [2.05, 4.69) is 29.1 Å². The van der Waals surface area contributed by atoms with Crippen LogP contribution in [-0.4, -0.2) is 22.6 Å². The van der Waals surface area contributed by atoms with Crippen molar-refractivity contribution >= 4 is 0 Å². The Kier molecular flexibility index (Phi) is 5.24. The highest BCUT2D eigenvalue weighted by Crippen LogP contribution is 2.29. The highest BCUT2D eigenvalue weighted by atomic mass is 14.9. The van der Waals surface area contributed by atoms with Crippen LogP contribution in [0.15, 0.2) is 12.4 Å². The summed E-state index contributed by atoms with van der Waals surface area (Å²) in [4.78, 5) is 7.40. The van der Waals surface area contributed by atoms with E-state index in [1.165, 1.54) is 32.1 Å². The zero-order chi connectivity index (χ0) is 12.8. The third kappa shape index (κ3) is 4.13. The van der Waals surface area contributed by atoms with Crippen LogP contribution in [0.5, 0.6) is 0 Å². The maximum atomic E-state index is 4.25. The van der Waals surface area contributed by atoms with Gasteiger partial charge in [0.05, 0.1) is 0 Å². The van der Waals surface area contributed by atoms with E-state index in [0.29, 0.717) is 0 Å². The number of H-pyrrole nitrogens is 1. The Bertz CT molecular complexity index is 310. The minimum absolute atomic E-state index is 0.761. The van der Waals surface area contributed by atoms with Crippen LogP contribution in [0.25, 0.3) is 0 Å². The smallest absolute Gasteiger partial charge is 0.106 e. The van der Waals surface area contributed by atoms with Gasteiger partial charge in [0.2, 0.25) is 0 Å². The van der Waals surface area contributed by atoms with Gasteiger partial charge in [0.1, 0.15) is 5.82 Å². The van der Waals surface area contributed by atoms with Gasteiger partial charge < -0.3 is 10.3 Å². The number of aromatic nitrogens is 2. The number of aromatic amines is 1. The molecule has 2 N–H and O–H groups in total. The maximum Gasteiger partial charge on any atom is 0.106 e. The summed E-state index contributed by atoms with van der Waals surface area (Å²) in [5, 5.41) is 3.70. The zero-order valence-electron chi connectivity index (χ0n) is 11.8. The van der Waals surface area contributed by atoms with Gasteiger partial charge >= 0.3 is 0 Å². The predicted molar refractivity (Wildman–Crippen MR) is 75.5 cm³/mol. The summed E-state index contributed by atoms with van der Waals surface area (Å²) in [5.41, 5.74) is 0. The molecular weight excluding hydrogens is 222 g/mol. The Morgan fingerprint density at radius 2 is 2.11 bits per heavy atom. The number of aryl methyl sites for hydroxylation is 1. The molecule has 3 nitrogen and oxygen atoms in total. The molecule has 102 valence electrons. The van der Waals surface area contributed by atoms with Crippen molar-refractivity contribution in [1.29, 1.82) is 0 Å². The van der Waals surface area contributed by atoms with Crippen molar-refractivity contribution in [3.8, 4) is 0 Å². The first-order valence-corrected chi connectivity index (χ1v) is 7.47. The predicted octanol–water partition coefficient (Wildman–Crippen LogP) is 3.15. The van der Waals surface area contributed by atoms with Gasteiger partial charge in [-0.3, -0.25) is 0 Å². The third-order valence-corrected chi connectivity index (χ3v) is 4.29. The molecule has 2 rings (SSSR count). The molecule has 1 saturated carbocycles. The van der Waals surface area contributed by atoms with E-state index in [-0.39, 0.29) is 0 Å². The van der Waals surface area contributed by atoms with Crippen LogP contribution in [0.3, 0.4) is 0 Å². The second-order valence-corrected chi connectivity index (χ2v) is 5.95. The highest BCUT2D eigenvalue weighted by molar-refractivity contribution is 4.87. The van der Waals surface area contributed by atoms with Gasteiger partial charge in [0.15, 0.2) is 0 Å². The first-order valence-electron chi connectivity index (χ1n) is 7.47. The summed E-state index contributed by atoms with van der Waals surface area (Å²) < 4.78 is 0. The van der Waals surface area contributed by atoms with Gasteiger partial charge in [0, 0.05) is 24.9 Å². The molecule has 0 spiro atoms. The van der Waals surface area contributed by atoms with E-state index in [4.69, 9.17) is 0 Å². The van der Waals surface area contributed by atoms with Crippen LogP contribution in [0, 0.1) is 11.8 Å². The lowest BCUT2D eigenvalue weighted by molar-refractivity contribution is 0.239. The van der Waals surface area contributed by atoms with E-state index < -0.39 is 0 Å². The molecule has 0 saturated heterocycles. The fourth-order valence-electron chi connectivity index (χ4n) is 2.99. The Morgan fingerprint density at radius 1 is 1.33 bits per heavy atom. The molecule has 1 aromatic heterocycles. The summed E-state index contributed by atoms with van der Waals surface area (Å²) in [5.74, 6) is 2.94. The fraction of sp³-hybridized carbons (Fsp3) is 0.800. The van der Waals surface area contributed by atoms with Crippen LogP contribution in [0.4, 0.5) is 0 Å². The lowest BCUT2D eigenvalue weighted by Crippen LogP contribution is -2.34. The topological polar surface area (TPSA) is 40.7 Å². The molecule has 1 aliphatic carbocycles. The SMILES string of the molecule is CC(C)C1CCC(NCCCc2ncc[nH]2)CC1. The Balaban J connectivity index is 1.55. The lowest BCUT2D eigenvalue weighted by atomic mass is 9.80. The average Bonchev–Trinajstić information content (AvgIpc) is 2.88. The van der Waals surface area contributed by atoms with Crippen LogP contribution in [-0.2, 0) is 6.42 Å². The van der Waals surface area contributed by atoms with Crippen molar-refractivity contribution in [2.24, 2.45) is 11.8 Å². The molecule has 1 heterocycles. The number of rotatable bonds is 6. The summed E-state index contributed by atoms with van der Waals surface area (Å²) in [6, 6.07) is 0.761. The van der Waals surface area contributed by atoms with Gasteiger partial charge in [-0.2, -0.15) is 0 Å². The Hall–Kier alpha value is -0.830. The van der Waals surface area contributed by atoms with E-state index in [9.17, 15) is 0 Å². The van der Waals surface area contributed by atoms with Gasteiger partial charge in [-0.15, -0.1) is 0 Å². The minimum Gasteiger partial charge on any atom is -0.349 e. The van der Waals surface area contributed by atoms with Gasteiger partial charge in [-0.25, -0.2) is 4.98 Å². The fourth-order valence-corrected chi connectivity index (χ4v) is 2.99. The zero-order valence-corrected chi connectivity index (χ0v) is 11.8. The number of hydrogen-bond donors (Lipinski definition) is 2. The second-order valence-electron chi connectivity index (χ2n) is 5.95. The van der Waals surface area contributed by atoms with E-state index in [1.54, 1.807) is 0 Å². The first kappa shape index (κ1) is 13.6. The van der Waals surface area contributed by atoms with E-state index in [0.717, 1.165) is 36.7 Å². The maximum absolute atomic E-state index is 4.25. The normalized spacial score (nSPS) is 24.6. The molecule has 0 aromatic carbocycles. The summed E-state index contributed by atoms with van der Waals surface area (Å²) in [7, 11) is 0. The highest BCUT2D eigenvalue weighted by Gasteiger charge is 2.22. The van der Waals surface area contributed by atoms with Crippen LogP contribution >= 0.6 is 0 Å². The standard InChI is InChI=1S/C15H27N3/c1-12(2)13-5-7-14(8-6-13)16-9-3-4-15-17-10-11-18-15/h10-14,16H,3-9H2,1-2H3,(H,17,18). The van der Waals surface area contributed by atoms with Crippen LogP contribution < -0.4 is 5.32 Å². The van der Waals surface area contributed by atoms with Gasteiger partial charge in [0.25, 0.3) is 0 Å².